The van der Waals surface area contributed by atoms with Crippen molar-refractivity contribution in [3.63, 3.8) is 0 Å². The summed E-state index contributed by atoms with van der Waals surface area (Å²) in [6.07, 6.45) is 2.98. The zero-order valence-electron chi connectivity index (χ0n) is 16.5. The van der Waals surface area contributed by atoms with Crippen LogP contribution in [-0.2, 0) is 11.3 Å². The molecule has 0 N–H and O–H groups in total. The van der Waals surface area contributed by atoms with Gasteiger partial charge < -0.3 is 9.64 Å². The Morgan fingerprint density at radius 1 is 1.21 bits per heavy atom. The maximum Gasteiger partial charge on any atom is 0.250 e. The maximum absolute atomic E-state index is 13.0. The van der Waals surface area contributed by atoms with Crippen LogP contribution in [0.2, 0.25) is 0 Å². The van der Waals surface area contributed by atoms with Crippen LogP contribution in [0, 0.1) is 0 Å². The second-order valence-corrected chi connectivity index (χ2v) is 7.21. The number of aromatic nitrogens is 4. The minimum atomic E-state index is -0.0605. The van der Waals surface area contributed by atoms with E-state index in [1.165, 1.54) is 22.3 Å². The highest BCUT2D eigenvalue weighted by molar-refractivity contribution is 7.22. The van der Waals surface area contributed by atoms with Gasteiger partial charge in [0.15, 0.2) is 5.13 Å². The summed E-state index contributed by atoms with van der Waals surface area (Å²) in [6, 6.07) is 5.86. The summed E-state index contributed by atoms with van der Waals surface area (Å²) in [7, 11) is 0. The van der Waals surface area contributed by atoms with Crippen LogP contribution >= 0.6 is 11.3 Å². The number of nitrogens with zero attached hydrogens (tertiary/aromatic N) is 6. The minimum Gasteiger partial charge on any atom is -0.492 e. The number of fused-ring (bicyclic) bond motifs is 1. The number of carbonyl (C=O) groups is 1. The zero-order valence-corrected chi connectivity index (χ0v) is 17.4. The fourth-order valence-electron chi connectivity index (χ4n) is 2.95. The molecular weight excluding hydrogens is 376 g/mol. The molecule has 3 rings (SSSR count). The van der Waals surface area contributed by atoms with E-state index in [0.29, 0.717) is 18.3 Å². The summed E-state index contributed by atoms with van der Waals surface area (Å²) < 4.78 is 8.24. The molecule has 0 spiro atoms. The lowest BCUT2D eigenvalue weighted by Gasteiger charge is -2.24. The van der Waals surface area contributed by atoms with Gasteiger partial charge in [0.2, 0.25) is 0 Å². The fourth-order valence-corrected chi connectivity index (χ4v) is 3.97. The highest BCUT2D eigenvalue weighted by Gasteiger charge is 2.22. The first-order valence-corrected chi connectivity index (χ1v) is 10.3. The van der Waals surface area contributed by atoms with Gasteiger partial charge in [-0.25, -0.2) is 14.6 Å². The Morgan fingerprint density at radius 3 is 2.71 bits per heavy atom. The predicted octanol–water partition coefficient (Wildman–Crippen LogP) is 2.66. The first kappa shape index (κ1) is 20.2. The van der Waals surface area contributed by atoms with Crippen molar-refractivity contribution in [3.05, 3.63) is 30.9 Å². The molecule has 2 aromatic heterocycles. The molecule has 1 amide bonds. The highest BCUT2D eigenvalue weighted by Crippen LogP contribution is 2.34. The molecular formula is C19H26N6O2S. The van der Waals surface area contributed by atoms with Crippen LogP contribution in [0.15, 0.2) is 30.9 Å². The van der Waals surface area contributed by atoms with E-state index in [-0.39, 0.29) is 12.5 Å². The van der Waals surface area contributed by atoms with Crippen LogP contribution < -0.4 is 9.64 Å². The standard InChI is InChI=1S/C19H26N6O2S/c1-4-23(5-2)10-11-25(17(26)12-24-14-20-13-21-24)19-22-18-15(27-6-3)8-7-9-16(18)28-19/h7-9,13-14H,4-6,10-12H2,1-3H3. The maximum atomic E-state index is 13.0. The summed E-state index contributed by atoms with van der Waals surface area (Å²) in [5, 5.41) is 4.73. The number of ether oxygens (including phenoxy) is 1. The van der Waals surface area contributed by atoms with Gasteiger partial charge in [0.25, 0.3) is 5.91 Å². The second-order valence-electron chi connectivity index (χ2n) is 6.20. The third-order valence-electron chi connectivity index (χ3n) is 4.50. The van der Waals surface area contributed by atoms with Gasteiger partial charge >= 0.3 is 0 Å². The lowest BCUT2D eigenvalue weighted by Crippen LogP contribution is -2.40. The van der Waals surface area contributed by atoms with Crippen LogP contribution in [0.25, 0.3) is 10.2 Å². The van der Waals surface area contributed by atoms with Gasteiger partial charge in [-0.3, -0.25) is 9.69 Å². The molecule has 0 radical (unpaired) electrons. The average Bonchev–Trinajstić information content (AvgIpc) is 3.35. The van der Waals surface area contributed by atoms with Crippen molar-refractivity contribution in [3.8, 4) is 5.75 Å². The number of rotatable bonds is 10. The van der Waals surface area contributed by atoms with Gasteiger partial charge in [-0.05, 0) is 32.1 Å². The number of hydrogen-bond acceptors (Lipinski definition) is 7. The quantitative estimate of drug-likeness (QED) is 0.519. The lowest BCUT2D eigenvalue weighted by atomic mass is 10.3. The monoisotopic (exact) mass is 402 g/mol. The lowest BCUT2D eigenvalue weighted by molar-refractivity contribution is -0.119. The molecule has 0 saturated heterocycles. The molecule has 8 nitrogen and oxygen atoms in total. The van der Waals surface area contributed by atoms with Crippen molar-refractivity contribution in [2.45, 2.75) is 27.3 Å². The zero-order chi connectivity index (χ0) is 19.9. The second kappa shape index (κ2) is 9.61. The normalized spacial score (nSPS) is 11.3. The third kappa shape index (κ3) is 4.66. The molecule has 0 bridgehead atoms. The van der Waals surface area contributed by atoms with Gasteiger partial charge in [0.05, 0.1) is 11.3 Å². The number of hydrogen-bond donors (Lipinski definition) is 0. The molecule has 28 heavy (non-hydrogen) atoms. The molecule has 3 aromatic rings. The van der Waals surface area contributed by atoms with E-state index in [1.807, 2.05) is 25.1 Å². The first-order chi connectivity index (χ1) is 13.7. The Kier molecular flexibility index (Phi) is 6.94. The molecule has 0 aliphatic heterocycles. The largest absolute Gasteiger partial charge is 0.492 e. The molecule has 9 heteroatoms. The predicted molar refractivity (Wildman–Crippen MR) is 111 cm³/mol. The molecule has 1 aromatic carbocycles. The van der Waals surface area contributed by atoms with Crippen LogP contribution in [0.4, 0.5) is 5.13 Å². The van der Waals surface area contributed by atoms with Gasteiger partial charge in [0, 0.05) is 13.1 Å². The number of benzene rings is 1. The van der Waals surface area contributed by atoms with E-state index in [0.717, 1.165) is 35.6 Å². The minimum absolute atomic E-state index is 0.0605. The van der Waals surface area contributed by atoms with Crippen molar-refractivity contribution in [2.75, 3.05) is 37.7 Å². The fraction of sp³-hybridized carbons (Fsp3) is 0.474. The Bertz CT molecular complexity index is 891. The molecule has 150 valence electrons. The summed E-state index contributed by atoms with van der Waals surface area (Å²) in [5.74, 6) is 0.685. The molecule has 0 saturated carbocycles. The Labute approximate surface area is 168 Å². The van der Waals surface area contributed by atoms with Crippen LogP contribution in [0.5, 0.6) is 5.75 Å². The SMILES string of the molecule is CCOc1cccc2sc(N(CCN(CC)CC)C(=O)Cn3cncn3)nc12. The summed E-state index contributed by atoms with van der Waals surface area (Å²) >= 11 is 1.50. The van der Waals surface area contributed by atoms with Crippen molar-refractivity contribution in [2.24, 2.45) is 0 Å². The number of carbonyl (C=O) groups excluding carboxylic acids is 1. The number of anilines is 1. The van der Waals surface area contributed by atoms with Gasteiger partial charge in [-0.2, -0.15) is 5.10 Å². The Hall–Kier alpha value is -2.52. The van der Waals surface area contributed by atoms with E-state index in [9.17, 15) is 4.79 Å². The third-order valence-corrected chi connectivity index (χ3v) is 5.54. The summed E-state index contributed by atoms with van der Waals surface area (Å²) in [5.41, 5.74) is 0.797. The van der Waals surface area contributed by atoms with Crippen molar-refractivity contribution in [1.29, 1.82) is 0 Å². The smallest absolute Gasteiger partial charge is 0.250 e. The molecule has 0 aliphatic rings. The van der Waals surface area contributed by atoms with E-state index >= 15 is 0 Å². The first-order valence-electron chi connectivity index (χ1n) is 9.53. The number of likely N-dealkylation sites (N-methyl/N-ethyl adjacent to an activating group) is 1. The molecule has 0 atom stereocenters. The van der Waals surface area contributed by atoms with Crippen LogP contribution in [0.1, 0.15) is 20.8 Å². The molecule has 0 fully saturated rings. The van der Waals surface area contributed by atoms with Gasteiger partial charge in [-0.1, -0.05) is 31.3 Å². The van der Waals surface area contributed by atoms with Gasteiger partial charge in [0.1, 0.15) is 30.5 Å². The molecule has 0 aliphatic carbocycles. The topological polar surface area (TPSA) is 76.4 Å². The summed E-state index contributed by atoms with van der Waals surface area (Å²) in [4.78, 5) is 25.7. The van der Waals surface area contributed by atoms with E-state index < -0.39 is 0 Å². The Morgan fingerprint density at radius 2 is 2.04 bits per heavy atom. The van der Waals surface area contributed by atoms with Gasteiger partial charge in [-0.15, -0.1) is 0 Å². The average molecular weight is 403 g/mol. The van der Waals surface area contributed by atoms with E-state index in [4.69, 9.17) is 9.72 Å². The molecule has 2 heterocycles. The van der Waals surface area contributed by atoms with E-state index in [1.54, 1.807) is 11.2 Å². The summed E-state index contributed by atoms with van der Waals surface area (Å²) in [6.45, 7) is 10.1. The highest BCUT2D eigenvalue weighted by atomic mass is 32.1. The van der Waals surface area contributed by atoms with Crippen LogP contribution in [0.3, 0.4) is 0 Å². The number of para-hydroxylation sites is 1. The molecule has 0 unspecified atom stereocenters. The van der Waals surface area contributed by atoms with Crippen LogP contribution in [-0.4, -0.2) is 63.3 Å². The van der Waals surface area contributed by atoms with Crippen molar-refractivity contribution in [1.82, 2.24) is 24.6 Å². The Balaban J connectivity index is 1.89. The number of thiazole rings is 1. The van der Waals surface area contributed by atoms with E-state index in [2.05, 4.69) is 28.8 Å². The van der Waals surface area contributed by atoms with Crippen molar-refractivity contribution < 1.29 is 9.53 Å². The number of amides is 1. The van der Waals surface area contributed by atoms with Crippen molar-refractivity contribution >= 4 is 32.6 Å².